The fraction of sp³-hybridized carbons (Fsp3) is 0.385. The highest BCUT2D eigenvalue weighted by molar-refractivity contribution is 5.22. The first-order valence-corrected chi connectivity index (χ1v) is 5.05. The Balaban J connectivity index is 2.44. The van der Waals surface area contributed by atoms with Crippen molar-refractivity contribution in [1.82, 2.24) is 0 Å². The van der Waals surface area contributed by atoms with E-state index < -0.39 is 0 Å². The van der Waals surface area contributed by atoms with E-state index in [-0.39, 0.29) is 0 Å². The van der Waals surface area contributed by atoms with Crippen LogP contribution in [0.15, 0.2) is 36.9 Å². The standard InChI is InChI=1S/C13H18/c1-3-5-6-7-13-10-8-12(4-2)9-11-13/h3,8-11H,1,4-7H2,2H3. The molecule has 70 valence electrons. The molecule has 0 unspecified atom stereocenters. The molecule has 0 aliphatic carbocycles. The van der Waals surface area contributed by atoms with Crippen LogP contribution in [-0.2, 0) is 12.8 Å². The van der Waals surface area contributed by atoms with Gasteiger partial charge in [-0.05, 0) is 36.8 Å². The van der Waals surface area contributed by atoms with Crippen LogP contribution in [0.1, 0.15) is 30.9 Å². The van der Waals surface area contributed by atoms with Crippen molar-refractivity contribution in [3.8, 4) is 0 Å². The van der Waals surface area contributed by atoms with Crippen molar-refractivity contribution in [3.63, 3.8) is 0 Å². The van der Waals surface area contributed by atoms with E-state index in [0.29, 0.717) is 0 Å². The SMILES string of the molecule is C=CCCCc1ccc(CC)cc1. The lowest BCUT2D eigenvalue weighted by Crippen LogP contribution is -1.86. The van der Waals surface area contributed by atoms with Gasteiger partial charge in [-0.3, -0.25) is 0 Å². The van der Waals surface area contributed by atoms with Crippen LogP contribution in [0.25, 0.3) is 0 Å². The number of rotatable bonds is 5. The van der Waals surface area contributed by atoms with Crippen LogP contribution >= 0.6 is 0 Å². The molecule has 0 N–H and O–H groups in total. The molecule has 0 aliphatic heterocycles. The van der Waals surface area contributed by atoms with Crippen molar-refractivity contribution in [2.24, 2.45) is 0 Å². The Morgan fingerprint density at radius 3 is 2.31 bits per heavy atom. The van der Waals surface area contributed by atoms with Crippen molar-refractivity contribution >= 4 is 0 Å². The lowest BCUT2D eigenvalue weighted by atomic mass is 10.1. The van der Waals surface area contributed by atoms with Gasteiger partial charge in [-0.2, -0.15) is 0 Å². The maximum Gasteiger partial charge on any atom is -0.0276 e. The van der Waals surface area contributed by atoms with E-state index in [1.54, 1.807) is 0 Å². The zero-order valence-corrected chi connectivity index (χ0v) is 8.42. The molecular weight excluding hydrogens is 156 g/mol. The van der Waals surface area contributed by atoms with Crippen molar-refractivity contribution < 1.29 is 0 Å². The molecule has 0 fully saturated rings. The number of hydrogen-bond acceptors (Lipinski definition) is 0. The summed E-state index contributed by atoms with van der Waals surface area (Å²) in [5.74, 6) is 0. The summed E-state index contributed by atoms with van der Waals surface area (Å²) in [5.41, 5.74) is 2.87. The molecule has 0 radical (unpaired) electrons. The average molecular weight is 174 g/mol. The number of allylic oxidation sites excluding steroid dienone is 1. The normalized spacial score (nSPS) is 9.92. The first kappa shape index (κ1) is 10.0. The molecule has 0 aromatic heterocycles. The van der Waals surface area contributed by atoms with E-state index in [1.165, 1.54) is 24.0 Å². The minimum absolute atomic E-state index is 1.12. The van der Waals surface area contributed by atoms with Crippen molar-refractivity contribution in [3.05, 3.63) is 48.0 Å². The second-order valence-electron chi connectivity index (χ2n) is 3.35. The minimum Gasteiger partial charge on any atom is -0.103 e. The number of hydrogen-bond donors (Lipinski definition) is 0. The third-order valence-corrected chi connectivity index (χ3v) is 2.30. The molecule has 0 bridgehead atoms. The van der Waals surface area contributed by atoms with Gasteiger partial charge in [-0.25, -0.2) is 0 Å². The zero-order valence-electron chi connectivity index (χ0n) is 8.42. The monoisotopic (exact) mass is 174 g/mol. The van der Waals surface area contributed by atoms with Gasteiger partial charge in [0.05, 0.1) is 0 Å². The Hall–Kier alpha value is -1.04. The average Bonchev–Trinajstić information content (AvgIpc) is 2.19. The van der Waals surface area contributed by atoms with Gasteiger partial charge in [0.1, 0.15) is 0 Å². The summed E-state index contributed by atoms with van der Waals surface area (Å²) in [6.07, 6.45) is 6.63. The lowest BCUT2D eigenvalue weighted by molar-refractivity contribution is 0.843. The van der Waals surface area contributed by atoms with Gasteiger partial charge >= 0.3 is 0 Å². The molecule has 1 aromatic carbocycles. The van der Waals surface area contributed by atoms with Gasteiger partial charge in [-0.1, -0.05) is 37.3 Å². The highest BCUT2D eigenvalue weighted by atomic mass is 14.0. The van der Waals surface area contributed by atoms with E-state index in [1.807, 2.05) is 6.08 Å². The molecule has 13 heavy (non-hydrogen) atoms. The molecule has 0 saturated carbocycles. The fourth-order valence-corrected chi connectivity index (χ4v) is 1.39. The van der Waals surface area contributed by atoms with Crippen LogP contribution in [0.2, 0.25) is 0 Å². The van der Waals surface area contributed by atoms with Crippen LogP contribution in [0.5, 0.6) is 0 Å². The molecule has 0 aliphatic rings. The molecule has 0 nitrogen and oxygen atoms in total. The summed E-state index contributed by atoms with van der Waals surface area (Å²) in [6.45, 7) is 5.91. The maximum absolute atomic E-state index is 3.72. The van der Waals surface area contributed by atoms with Gasteiger partial charge in [-0.15, -0.1) is 6.58 Å². The van der Waals surface area contributed by atoms with E-state index in [2.05, 4.69) is 37.8 Å². The van der Waals surface area contributed by atoms with Gasteiger partial charge in [0.2, 0.25) is 0 Å². The second-order valence-corrected chi connectivity index (χ2v) is 3.35. The van der Waals surface area contributed by atoms with Gasteiger partial charge in [0.15, 0.2) is 0 Å². The highest BCUT2D eigenvalue weighted by Gasteiger charge is 1.92. The first-order chi connectivity index (χ1) is 6.36. The molecule has 1 rings (SSSR count). The van der Waals surface area contributed by atoms with Crippen LogP contribution in [0.4, 0.5) is 0 Å². The number of benzene rings is 1. The van der Waals surface area contributed by atoms with Crippen molar-refractivity contribution in [2.75, 3.05) is 0 Å². The predicted octanol–water partition coefficient (Wildman–Crippen LogP) is 3.76. The maximum atomic E-state index is 3.72. The van der Waals surface area contributed by atoms with Crippen molar-refractivity contribution in [1.29, 1.82) is 0 Å². The van der Waals surface area contributed by atoms with Gasteiger partial charge in [0.25, 0.3) is 0 Å². The lowest BCUT2D eigenvalue weighted by Gasteiger charge is -2.01. The minimum atomic E-state index is 1.12. The summed E-state index contributed by atoms with van der Waals surface area (Å²) >= 11 is 0. The number of aryl methyl sites for hydroxylation is 2. The Morgan fingerprint density at radius 1 is 1.15 bits per heavy atom. The summed E-state index contributed by atoms with van der Waals surface area (Å²) < 4.78 is 0. The molecule has 0 saturated heterocycles. The number of unbranched alkanes of at least 4 members (excludes halogenated alkanes) is 1. The molecule has 0 amide bonds. The summed E-state index contributed by atoms with van der Waals surface area (Å²) in [5, 5.41) is 0. The van der Waals surface area contributed by atoms with Gasteiger partial charge < -0.3 is 0 Å². The third kappa shape index (κ3) is 3.45. The molecule has 0 atom stereocenters. The predicted molar refractivity (Wildman–Crippen MR) is 59.0 cm³/mol. The molecule has 0 heteroatoms. The topological polar surface area (TPSA) is 0 Å². The summed E-state index contributed by atoms with van der Waals surface area (Å²) in [7, 11) is 0. The molecular formula is C13H18. The van der Waals surface area contributed by atoms with Crippen LogP contribution in [0, 0.1) is 0 Å². The smallest absolute Gasteiger partial charge is 0.0276 e. The van der Waals surface area contributed by atoms with Gasteiger partial charge in [0, 0.05) is 0 Å². The Labute approximate surface area is 81.3 Å². The first-order valence-electron chi connectivity index (χ1n) is 5.05. The van der Waals surface area contributed by atoms with Crippen LogP contribution in [0.3, 0.4) is 0 Å². The van der Waals surface area contributed by atoms with E-state index in [0.717, 1.165) is 12.8 Å². The second kappa shape index (κ2) is 5.58. The molecule has 1 aromatic rings. The molecule has 0 spiro atoms. The Bertz CT molecular complexity index is 243. The largest absolute Gasteiger partial charge is 0.103 e. The molecule has 0 heterocycles. The highest BCUT2D eigenvalue weighted by Crippen LogP contribution is 2.08. The fourth-order valence-electron chi connectivity index (χ4n) is 1.39. The quantitative estimate of drug-likeness (QED) is 0.471. The van der Waals surface area contributed by atoms with E-state index >= 15 is 0 Å². The van der Waals surface area contributed by atoms with Crippen LogP contribution in [-0.4, -0.2) is 0 Å². The Morgan fingerprint density at radius 2 is 1.77 bits per heavy atom. The van der Waals surface area contributed by atoms with Crippen molar-refractivity contribution in [2.45, 2.75) is 32.6 Å². The zero-order chi connectivity index (χ0) is 9.52. The summed E-state index contributed by atoms with van der Waals surface area (Å²) in [6, 6.07) is 8.93. The Kier molecular flexibility index (Phi) is 4.31. The summed E-state index contributed by atoms with van der Waals surface area (Å²) in [4.78, 5) is 0. The van der Waals surface area contributed by atoms with E-state index in [9.17, 15) is 0 Å². The van der Waals surface area contributed by atoms with Crippen LogP contribution < -0.4 is 0 Å². The third-order valence-electron chi connectivity index (χ3n) is 2.30. The van der Waals surface area contributed by atoms with E-state index in [4.69, 9.17) is 0 Å².